The van der Waals surface area contributed by atoms with Crippen LogP contribution in [0.25, 0.3) is 0 Å². The first kappa shape index (κ1) is 16.5. The van der Waals surface area contributed by atoms with Gasteiger partial charge < -0.3 is 9.80 Å². The number of thiophene rings is 1. The molecule has 0 bridgehead atoms. The number of aromatic nitrogens is 2. The zero-order valence-corrected chi connectivity index (χ0v) is 15.6. The fraction of sp³-hybridized carbons (Fsp3) is 0.526. The van der Waals surface area contributed by atoms with Crippen molar-refractivity contribution >= 4 is 23.1 Å². The molecule has 0 aromatic carbocycles. The molecule has 2 aromatic heterocycles. The average molecular weight is 356 g/mol. The quantitative estimate of drug-likeness (QED) is 0.844. The monoisotopic (exact) mass is 356 g/mol. The van der Waals surface area contributed by atoms with E-state index in [9.17, 15) is 4.79 Å². The Hall–Kier alpha value is -1.95. The fourth-order valence-corrected chi connectivity index (χ4v) is 4.78. The van der Waals surface area contributed by atoms with E-state index in [0.29, 0.717) is 11.5 Å². The highest BCUT2D eigenvalue weighted by Gasteiger charge is 2.58. The first-order valence-electron chi connectivity index (χ1n) is 8.89. The van der Waals surface area contributed by atoms with Crippen molar-refractivity contribution < 1.29 is 4.79 Å². The van der Waals surface area contributed by atoms with Crippen LogP contribution in [-0.2, 0) is 11.3 Å². The molecule has 25 heavy (non-hydrogen) atoms. The summed E-state index contributed by atoms with van der Waals surface area (Å²) in [7, 11) is 0. The molecule has 2 aromatic rings. The highest BCUT2D eigenvalue weighted by atomic mass is 32.1. The Kier molecular flexibility index (Phi) is 4.23. The summed E-state index contributed by atoms with van der Waals surface area (Å²) in [6.45, 7) is 6.48. The molecule has 4 rings (SSSR count). The molecule has 2 fully saturated rings. The van der Waals surface area contributed by atoms with Crippen LogP contribution in [0.1, 0.15) is 37.4 Å². The van der Waals surface area contributed by atoms with Crippen LogP contribution in [-0.4, -0.2) is 39.9 Å². The molecule has 1 aliphatic heterocycles. The minimum absolute atomic E-state index is 0.196. The van der Waals surface area contributed by atoms with E-state index in [2.05, 4.69) is 42.7 Å². The predicted octanol–water partition coefficient (Wildman–Crippen LogP) is 3.25. The van der Waals surface area contributed by atoms with Gasteiger partial charge in [0.2, 0.25) is 5.91 Å². The van der Waals surface area contributed by atoms with Crippen LogP contribution < -0.4 is 4.90 Å². The molecule has 0 N–H and O–H groups in total. The van der Waals surface area contributed by atoms with E-state index in [1.54, 1.807) is 24.6 Å². The van der Waals surface area contributed by atoms with Gasteiger partial charge in [-0.15, -0.1) is 0 Å². The summed E-state index contributed by atoms with van der Waals surface area (Å²) in [5.41, 5.74) is 2.57. The van der Waals surface area contributed by atoms with Gasteiger partial charge in [-0.05, 0) is 54.0 Å². The van der Waals surface area contributed by atoms with Crippen molar-refractivity contribution in [2.24, 2.45) is 5.41 Å². The number of hydrogen-bond acceptors (Lipinski definition) is 5. The van der Waals surface area contributed by atoms with Crippen molar-refractivity contribution in [2.75, 3.05) is 18.0 Å². The van der Waals surface area contributed by atoms with E-state index in [0.717, 1.165) is 50.4 Å². The van der Waals surface area contributed by atoms with Gasteiger partial charge in [-0.1, -0.05) is 0 Å². The third-order valence-electron chi connectivity index (χ3n) is 5.73. The second kappa shape index (κ2) is 6.41. The van der Waals surface area contributed by atoms with E-state index < -0.39 is 0 Å². The Labute approximate surface area is 152 Å². The van der Waals surface area contributed by atoms with Crippen molar-refractivity contribution in [3.8, 4) is 0 Å². The minimum Gasteiger partial charge on any atom is -0.356 e. The molecule has 1 atom stereocenters. The van der Waals surface area contributed by atoms with E-state index in [1.807, 2.05) is 6.92 Å². The molecule has 0 radical (unpaired) electrons. The summed E-state index contributed by atoms with van der Waals surface area (Å²) in [5, 5.41) is 4.23. The topological polar surface area (TPSA) is 49.3 Å². The van der Waals surface area contributed by atoms with Gasteiger partial charge in [0, 0.05) is 44.4 Å². The molecular weight excluding hydrogens is 332 g/mol. The zero-order valence-electron chi connectivity index (χ0n) is 14.8. The lowest BCUT2D eigenvalue weighted by atomic mass is 9.92. The lowest BCUT2D eigenvalue weighted by Crippen LogP contribution is -2.40. The lowest BCUT2D eigenvalue weighted by Gasteiger charge is -2.35. The summed E-state index contributed by atoms with van der Waals surface area (Å²) < 4.78 is 0. The Balaban J connectivity index is 1.41. The number of hydrogen-bond donors (Lipinski definition) is 0. The lowest BCUT2D eigenvalue weighted by molar-refractivity contribution is -0.130. The second-order valence-electron chi connectivity index (χ2n) is 7.37. The van der Waals surface area contributed by atoms with Crippen LogP contribution in [0.2, 0.25) is 0 Å². The number of amides is 1. The highest BCUT2D eigenvalue weighted by molar-refractivity contribution is 7.07. The van der Waals surface area contributed by atoms with Crippen LogP contribution in [0.15, 0.2) is 29.2 Å². The summed E-state index contributed by atoms with van der Waals surface area (Å²) in [6, 6.07) is 4.58. The van der Waals surface area contributed by atoms with Crippen molar-refractivity contribution in [3.63, 3.8) is 0 Å². The molecule has 0 unspecified atom stereocenters. The number of carbonyl (C=O) groups is 1. The number of nitrogens with zero attached hydrogens (tertiary/aromatic N) is 4. The van der Waals surface area contributed by atoms with E-state index in [4.69, 9.17) is 0 Å². The zero-order chi connectivity index (χ0) is 17.4. The summed E-state index contributed by atoms with van der Waals surface area (Å²) in [5.74, 6) is 1.23. The summed E-state index contributed by atoms with van der Waals surface area (Å²) in [4.78, 5) is 25.2. The maximum Gasteiger partial charge on any atom is 0.220 e. The van der Waals surface area contributed by atoms with E-state index in [-0.39, 0.29) is 5.91 Å². The number of anilines is 1. The molecule has 5 nitrogen and oxygen atoms in total. The molecule has 132 valence electrons. The van der Waals surface area contributed by atoms with Gasteiger partial charge in [0.05, 0.1) is 0 Å². The van der Waals surface area contributed by atoms with Crippen LogP contribution in [0.3, 0.4) is 0 Å². The molecule has 3 heterocycles. The van der Waals surface area contributed by atoms with Gasteiger partial charge in [0.25, 0.3) is 0 Å². The molecule has 1 saturated carbocycles. The van der Waals surface area contributed by atoms with Gasteiger partial charge in [-0.2, -0.15) is 11.3 Å². The smallest absolute Gasteiger partial charge is 0.220 e. The number of rotatable bonds is 4. The van der Waals surface area contributed by atoms with Crippen LogP contribution in [0.5, 0.6) is 0 Å². The Morgan fingerprint density at radius 2 is 2.20 bits per heavy atom. The van der Waals surface area contributed by atoms with Crippen molar-refractivity contribution in [3.05, 3.63) is 40.5 Å². The Morgan fingerprint density at radius 3 is 2.84 bits per heavy atom. The molecular formula is C19H24N4OS. The van der Waals surface area contributed by atoms with Crippen LogP contribution in [0, 0.1) is 12.3 Å². The van der Waals surface area contributed by atoms with Crippen molar-refractivity contribution in [1.29, 1.82) is 0 Å². The minimum atomic E-state index is 0.196. The standard InChI is InChI=1S/C19H24N4OS/c1-14-9-18(21-13-20-14)22-6-4-19(5-7-22)10-17(19)23(15(2)24)11-16-3-8-25-12-16/h3,8-9,12-13,17H,4-7,10-11H2,1-2H3/t17-/m0/s1. The summed E-state index contributed by atoms with van der Waals surface area (Å²) in [6.07, 6.45) is 5.06. The van der Waals surface area contributed by atoms with Gasteiger partial charge in [-0.25, -0.2) is 9.97 Å². The number of aryl methyl sites for hydroxylation is 1. The maximum atomic E-state index is 12.2. The summed E-state index contributed by atoms with van der Waals surface area (Å²) >= 11 is 1.69. The SMILES string of the molecule is CC(=O)N(Cc1ccsc1)[C@H]1CC12CCN(c1cc(C)ncn1)CC2. The van der Waals surface area contributed by atoms with Gasteiger partial charge in [0.1, 0.15) is 12.1 Å². The van der Waals surface area contributed by atoms with E-state index >= 15 is 0 Å². The Morgan fingerprint density at radius 1 is 1.40 bits per heavy atom. The van der Waals surface area contributed by atoms with Crippen molar-refractivity contribution in [1.82, 2.24) is 14.9 Å². The first-order chi connectivity index (χ1) is 12.1. The molecule has 1 aliphatic carbocycles. The molecule has 1 saturated heterocycles. The molecule has 2 aliphatic rings. The predicted molar refractivity (Wildman–Crippen MR) is 99.6 cm³/mol. The van der Waals surface area contributed by atoms with Crippen molar-refractivity contribution in [2.45, 2.75) is 45.7 Å². The fourth-order valence-electron chi connectivity index (χ4n) is 4.12. The van der Waals surface area contributed by atoms with E-state index in [1.165, 1.54) is 5.56 Å². The van der Waals surface area contributed by atoms with Gasteiger partial charge in [-0.3, -0.25) is 4.79 Å². The maximum absolute atomic E-state index is 12.2. The van der Waals surface area contributed by atoms with Gasteiger partial charge in [0.15, 0.2) is 0 Å². The largest absolute Gasteiger partial charge is 0.356 e. The Bertz CT molecular complexity index is 753. The first-order valence-corrected chi connectivity index (χ1v) is 9.84. The molecule has 1 spiro atoms. The third kappa shape index (κ3) is 3.27. The highest BCUT2D eigenvalue weighted by Crippen LogP contribution is 2.57. The van der Waals surface area contributed by atoms with Crippen LogP contribution >= 0.6 is 11.3 Å². The normalized spacial score (nSPS) is 21.4. The van der Waals surface area contributed by atoms with Gasteiger partial charge >= 0.3 is 0 Å². The second-order valence-corrected chi connectivity index (χ2v) is 8.15. The molecule has 1 amide bonds. The average Bonchev–Trinajstić information content (AvgIpc) is 3.04. The number of piperidine rings is 1. The number of carbonyl (C=O) groups excluding carboxylic acids is 1. The third-order valence-corrected chi connectivity index (χ3v) is 6.46. The molecule has 6 heteroatoms. The van der Waals surface area contributed by atoms with Crippen LogP contribution in [0.4, 0.5) is 5.82 Å².